The first-order chi connectivity index (χ1) is 26.4. The van der Waals surface area contributed by atoms with Crippen molar-refractivity contribution in [1.29, 1.82) is 0 Å². The lowest BCUT2D eigenvalue weighted by Crippen LogP contribution is -2.21. The molecule has 7 rings (SSSR count). The number of nitrogens with one attached hydrogen (secondary N) is 4. The lowest BCUT2D eigenvalue weighted by atomic mass is 10.1. The van der Waals surface area contributed by atoms with Crippen molar-refractivity contribution in [2.24, 2.45) is 0 Å². The van der Waals surface area contributed by atoms with Crippen molar-refractivity contribution in [2.75, 3.05) is 21.3 Å². The molecule has 0 radical (unpaired) electrons. The van der Waals surface area contributed by atoms with Crippen LogP contribution in [0.2, 0.25) is 0 Å². The molecule has 0 heterocycles. The SMILES string of the molecule is Cc1ccc(NC(=O)Nc2ccc(OS(=O)(=O)c3cccc4ccccc34)cc2)cc1NC(=O)Nc1ccc(OS(=O)(=O)c2cccc3ccccc23)cc1. The Balaban J connectivity index is 0.930. The molecule has 0 aromatic heterocycles. The van der Waals surface area contributed by atoms with E-state index < -0.39 is 32.3 Å². The molecule has 0 saturated heterocycles. The molecule has 0 bridgehead atoms. The number of fused-ring (bicyclic) bond motifs is 2. The molecule has 0 spiro atoms. The first kappa shape index (κ1) is 36.5. The van der Waals surface area contributed by atoms with Gasteiger partial charge in [0.15, 0.2) is 0 Å². The van der Waals surface area contributed by atoms with E-state index in [4.69, 9.17) is 8.37 Å². The first-order valence-corrected chi connectivity index (χ1v) is 19.6. The van der Waals surface area contributed by atoms with Crippen LogP contribution in [0.5, 0.6) is 11.5 Å². The van der Waals surface area contributed by atoms with E-state index in [1.807, 2.05) is 36.4 Å². The van der Waals surface area contributed by atoms with Crippen LogP contribution in [0.15, 0.2) is 161 Å². The van der Waals surface area contributed by atoms with Gasteiger partial charge in [0.25, 0.3) is 0 Å². The number of urea groups is 2. The Hall–Kier alpha value is -6.90. The van der Waals surface area contributed by atoms with E-state index in [2.05, 4.69) is 21.3 Å². The zero-order chi connectivity index (χ0) is 38.6. The van der Waals surface area contributed by atoms with Gasteiger partial charge in [-0.05, 0) is 96.1 Å². The summed E-state index contributed by atoms with van der Waals surface area (Å²) in [5.41, 5.74) is 2.28. The van der Waals surface area contributed by atoms with Gasteiger partial charge in [0.05, 0.1) is 0 Å². The van der Waals surface area contributed by atoms with Crippen LogP contribution in [0.3, 0.4) is 0 Å². The summed E-state index contributed by atoms with van der Waals surface area (Å²) in [6.45, 7) is 1.78. The quantitative estimate of drug-likeness (QED) is 0.0998. The fourth-order valence-electron chi connectivity index (χ4n) is 5.77. The molecule has 4 amide bonds. The van der Waals surface area contributed by atoms with Crippen LogP contribution in [0.4, 0.5) is 32.3 Å². The molecule has 55 heavy (non-hydrogen) atoms. The second kappa shape index (κ2) is 15.2. The molecule has 0 aliphatic rings. The van der Waals surface area contributed by atoms with Gasteiger partial charge in [-0.2, -0.15) is 16.8 Å². The largest absolute Gasteiger partial charge is 0.379 e. The Morgan fingerprint density at radius 2 is 0.855 bits per heavy atom. The number of rotatable bonds is 10. The maximum atomic E-state index is 13.1. The molecule has 276 valence electrons. The van der Waals surface area contributed by atoms with Crippen LogP contribution in [-0.2, 0) is 20.2 Å². The molecule has 0 atom stereocenters. The van der Waals surface area contributed by atoms with E-state index in [-0.39, 0.29) is 21.3 Å². The van der Waals surface area contributed by atoms with Gasteiger partial charge in [0.1, 0.15) is 21.3 Å². The van der Waals surface area contributed by atoms with Crippen LogP contribution >= 0.6 is 0 Å². The van der Waals surface area contributed by atoms with Gasteiger partial charge < -0.3 is 29.6 Å². The predicted octanol–water partition coefficient (Wildman–Crippen LogP) is 9.12. The fourth-order valence-corrected chi connectivity index (χ4v) is 8.08. The normalized spacial score (nSPS) is 11.4. The molecule has 0 unspecified atom stereocenters. The standard InChI is InChI=1S/C41H32N4O8S2/c1-27-16-17-32(44-40(46)42-30-18-22-33(23-19-30)52-54(48,49)38-14-6-10-28-8-2-4-12-35(28)38)26-37(27)45-41(47)43-31-20-24-34(25-21-31)53-55(50,51)39-15-7-11-29-9-3-5-13-36(29)39/h2-26H,1H3,(H2,42,44,46)(H2,43,45,47). The van der Waals surface area contributed by atoms with E-state index in [0.29, 0.717) is 33.5 Å². The molecule has 0 aliphatic carbocycles. The summed E-state index contributed by atoms with van der Waals surface area (Å²) in [5.74, 6) is 0.140. The Kier molecular flexibility index (Phi) is 10.1. The summed E-state index contributed by atoms with van der Waals surface area (Å²) in [5, 5.41) is 13.4. The second-order valence-electron chi connectivity index (χ2n) is 12.3. The maximum absolute atomic E-state index is 13.1. The zero-order valence-corrected chi connectivity index (χ0v) is 30.6. The van der Waals surface area contributed by atoms with Crippen LogP contribution in [0.25, 0.3) is 21.5 Å². The van der Waals surface area contributed by atoms with Crippen molar-refractivity contribution in [3.8, 4) is 11.5 Å². The maximum Gasteiger partial charge on any atom is 0.339 e. The summed E-state index contributed by atoms with van der Waals surface area (Å²) in [7, 11) is -8.27. The van der Waals surface area contributed by atoms with Gasteiger partial charge in [-0.3, -0.25) is 0 Å². The van der Waals surface area contributed by atoms with Crippen molar-refractivity contribution in [2.45, 2.75) is 16.7 Å². The van der Waals surface area contributed by atoms with Gasteiger partial charge >= 0.3 is 32.3 Å². The number of benzene rings is 7. The molecular weight excluding hydrogens is 741 g/mol. The van der Waals surface area contributed by atoms with Crippen LogP contribution in [0.1, 0.15) is 5.56 Å². The lowest BCUT2D eigenvalue weighted by molar-refractivity contribution is 0.261. The molecule has 7 aromatic carbocycles. The Morgan fingerprint density at radius 1 is 0.455 bits per heavy atom. The highest BCUT2D eigenvalue weighted by Gasteiger charge is 2.21. The second-order valence-corrected chi connectivity index (χ2v) is 15.3. The average molecular weight is 773 g/mol. The van der Waals surface area contributed by atoms with Gasteiger partial charge in [-0.15, -0.1) is 0 Å². The molecule has 0 fully saturated rings. The monoisotopic (exact) mass is 772 g/mol. The van der Waals surface area contributed by atoms with E-state index >= 15 is 0 Å². The van der Waals surface area contributed by atoms with Crippen molar-refractivity contribution < 1.29 is 34.8 Å². The minimum Gasteiger partial charge on any atom is -0.379 e. The molecular formula is C41H32N4O8S2. The predicted molar refractivity (Wildman–Crippen MR) is 213 cm³/mol. The number of carbonyl (C=O) groups excluding carboxylic acids is 2. The van der Waals surface area contributed by atoms with Gasteiger partial charge in [-0.25, -0.2) is 9.59 Å². The lowest BCUT2D eigenvalue weighted by Gasteiger charge is -2.14. The smallest absolute Gasteiger partial charge is 0.339 e. The third-order valence-electron chi connectivity index (χ3n) is 8.42. The minimum absolute atomic E-state index is 0.0455. The fraction of sp³-hybridized carbons (Fsp3) is 0.0244. The summed E-state index contributed by atoms with van der Waals surface area (Å²) >= 11 is 0. The minimum atomic E-state index is -4.13. The van der Waals surface area contributed by atoms with Crippen molar-refractivity contribution in [3.05, 3.63) is 157 Å². The highest BCUT2D eigenvalue weighted by molar-refractivity contribution is 7.87. The Bertz CT molecular complexity index is 2780. The molecule has 7 aromatic rings. The average Bonchev–Trinajstić information content (AvgIpc) is 3.17. The third kappa shape index (κ3) is 8.51. The zero-order valence-electron chi connectivity index (χ0n) is 29.0. The van der Waals surface area contributed by atoms with Crippen molar-refractivity contribution in [1.82, 2.24) is 0 Å². The third-order valence-corrected chi connectivity index (χ3v) is 11.0. The van der Waals surface area contributed by atoms with Crippen LogP contribution in [0, 0.1) is 6.92 Å². The number of amides is 4. The number of carbonyl (C=O) groups is 2. The molecule has 0 saturated carbocycles. The molecule has 12 nitrogen and oxygen atoms in total. The number of hydrogen-bond donors (Lipinski definition) is 4. The van der Waals surface area contributed by atoms with E-state index in [0.717, 1.165) is 16.3 Å². The summed E-state index contributed by atoms with van der Waals surface area (Å²) in [4.78, 5) is 25.8. The number of anilines is 4. The number of aryl methyl sites for hydroxylation is 1. The van der Waals surface area contributed by atoms with Crippen molar-refractivity contribution >= 4 is 76.6 Å². The highest BCUT2D eigenvalue weighted by Crippen LogP contribution is 2.29. The van der Waals surface area contributed by atoms with Crippen LogP contribution in [-0.4, -0.2) is 28.9 Å². The topological polar surface area (TPSA) is 169 Å². The Morgan fingerprint density at radius 3 is 1.35 bits per heavy atom. The molecule has 0 aliphatic heterocycles. The highest BCUT2D eigenvalue weighted by atomic mass is 32.2. The van der Waals surface area contributed by atoms with E-state index in [1.54, 1.807) is 61.5 Å². The number of hydrogen-bond acceptors (Lipinski definition) is 8. The molecule has 4 N–H and O–H groups in total. The Labute approximate surface area is 317 Å². The van der Waals surface area contributed by atoms with Gasteiger partial charge in [0.2, 0.25) is 0 Å². The van der Waals surface area contributed by atoms with E-state index in [9.17, 15) is 26.4 Å². The summed E-state index contributed by atoms with van der Waals surface area (Å²) in [6.07, 6.45) is 0. The summed E-state index contributed by atoms with van der Waals surface area (Å²) in [6, 6.07) is 39.7. The van der Waals surface area contributed by atoms with Crippen LogP contribution < -0.4 is 29.6 Å². The van der Waals surface area contributed by atoms with E-state index in [1.165, 1.54) is 60.7 Å². The van der Waals surface area contributed by atoms with Gasteiger partial charge in [-0.1, -0.05) is 78.9 Å². The van der Waals surface area contributed by atoms with Crippen molar-refractivity contribution in [3.63, 3.8) is 0 Å². The van der Waals surface area contributed by atoms with Gasteiger partial charge in [0, 0.05) is 33.5 Å². The summed E-state index contributed by atoms with van der Waals surface area (Å²) < 4.78 is 63.0. The first-order valence-electron chi connectivity index (χ1n) is 16.7. The molecule has 14 heteroatoms.